The second-order valence-corrected chi connectivity index (χ2v) is 17.6. The summed E-state index contributed by atoms with van der Waals surface area (Å²) in [6.45, 7) is 0. The molecule has 0 atom stereocenters. The standard InChI is InChI=1S/C56H42N4/c57-34-37-30-49(40-21-19-39(20-22-40)38-11-4-1-5-12-38)52-48-24-23-44(33-50(48)56(51(52)31-37)46-26-35-25-36(28-46)29-47(56)27-35)43-17-10-18-45(32-43)55-59-53(41-13-6-2-7-14-41)58-54(60-55)42-15-8-3-9-16-42/h1-24,30-33,35-36,46-47H,25-29H2. The summed E-state index contributed by atoms with van der Waals surface area (Å²) in [6, 6.07) is 62.9. The molecule has 0 aliphatic heterocycles. The number of fused-ring (bicyclic) bond motifs is 3. The second kappa shape index (κ2) is 13.8. The maximum Gasteiger partial charge on any atom is 0.164 e. The number of nitrogens with zero attached hydrogens (tertiary/aromatic N) is 4. The molecule has 286 valence electrons. The van der Waals surface area contributed by atoms with Gasteiger partial charge in [-0.05, 0) is 136 Å². The first-order valence-corrected chi connectivity index (χ1v) is 21.5. The number of aromatic nitrogens is 3. The van der Waals surface area contributed by atoms with Crippen molar-refractivity contribution in [1.82, 2.24) is 15.0 Å². The van der Waals surface area contributed by atoms with E-state index >= 15 is 0 Å². The minimum absolute atomic E-state index is 0.110. The predicted octanol–water partition coefficient (Wildman–Crippen LogP) is 13.5. The third-order valence-electron chi connectivity index (χ3n) is 14.3. The first-order valence-electron chi connectivity index (χ1n) is 21.5. The summed E-state index contributed by atoms with van der Waals surface area (Å²) in [5, 5.41) is 10.6. The van der Waals surface area contributed by atoms with Gasteiger partial charge in [0.25, 0.3) is 0 Å². The fourth-order valence-electron chi connectivity index (χ4n) is 12.0. The Labute approximate surface area is 351 Å². The maximum absolute atomic E-state index is 10.6. The summed E-state index contributed by atoms with van der Waals surface area (Å²) in [5.74, 6) is 4.74. The van der Waals surface area contributed by atoms with Gasteiger partial charge in [0.2, 0.25) is 0 Å². The van der Waals surface area contributed by atoms with E-state index in [1.54, 1.807) is 0 Å². The molecule has 7 aromatic carbocycles. The van der Waals surface area contributed by atoms with Crippen molar-refractivity contribution in [3.8, 4) is 84.7 Å². The fraction of sp³-hybridized carbons (Fsp3) is 0.179. The van der Waals surface area contributed by atoms with Gasteiger partial charge >= 0.3 is 0 Å². The molecule has 4 bridgehead atoms. The van der Waals surface area contributed by atoms with Gasteiger partial charge in [0.1, 0.15) is 0 Å². The number of hydrogen-bond donors (Lipinski definition) is 0. The molecule has 4 fully saturated rings. The van der Waals surface area contributed by atoms with Crippen LogP contribution in [0.2, 0.25) is 0 Å². The van der Waals surface area contributed by atoms with Crippen molar-refractivity contribution in [3.05, 3.63) is 187 Å². The van der Waals surface area contributed by atoms with E-state index in [-0.39, 0.29) is 5.41 Å². The molecule has 1 aromatic heterocycles. The van der Waals surface area contributed by atoms with E-state index in [0.29, 0.717) is 29.3 Å². The molecule has 0 unspecified atom stereocenters. The van der Waals surface area contributed by atoms with Crippen molar-refractivity contribution in [2.24, 2.45) is 23.7 Å². The van der Waals surface area contributed by atoms with Crippen molar-refractivity contribution in [1.29, 1.82) is 5.26 Å². The van der Waals surface area contributed by atoms with E-state index in [0.717, 1.165) is 45.2 Å². The van der Waals surface area contributed by atoms with E-state index < -0.39 is 0 Å². The average Bonchev–Trinajstić information content (AvgIpc) is 3.61. The molecule has 5 aliphatic carbocycles. The van der Waals surface area contributed by atoms with Crippen LogP contribution in [0.3, 0.4) is 0 Å². The molecule has 4 heteroatoms. The van der Waals surface area contributed by atoms with Crippen molar-refractivity contribution >= 4 is 0 Å². The largest absolute Gasteiger partial charge is 0.208 e. The van der Waals surface area contributed by atoms with Gasteiger partial charge in [0, 0.05) is 22.1 Å². The predicted molar refractivity (Wildman–Crippen MR) is 240 cm³/mol. The van der Waals surface area contributed by atoms with Crippen molar-refractivity contribution in [2.45, 2.75) is 37.5 Å². The average molecular weight is 771 g/mol. The summed E-state index contributed by atoms with van der Waals surface area (Å²) >= 11 is 0. The van der Waals surface area contributed by atoms with Crippen LogP contribution in [-0.4, -0.2) is 15.0 Å². The Balaban J connectivity index is 1.01. The van der Waals surface area contributed by atoms with Gasteiger partial charge in [-0.3, -0.25) is 0 Å². The van der Waals surface area contributed by atoms with E-state index in [2.05, 4.69) is 140 Å². The van der Waals surface area contributed by atoms with E-state index in [1.165, 1.54) is 76.6 Å². The molecular formula is C56H42N4. The van der Waals surface area contributed by atoms with Crippen LogP contribution in [0.4, 0.5) is 0 Å². The van der Waals surface area contributed by atoms with Gasteiger partial charge in [0.05, 0.1) is 11.6 Å². The van der Waals surface area contributed by atoms with Crippen LogP contribution in [-0.2, 0) is 5.41 Å². The van der Waals surface area contributed by atoms with Crippen LogP contribution < -0.4 is 0 Å². The summed E-state index contributed by atoms with van der Waals surface area (Å²) in [6.07, 6.45) is 6.49. The van der Waals surface area contributed by atoms with Crippen LogP contribution in [0.15, 0.2) is 170 Å². The highest BCUT2D eigenvalue weighted by atomic mass is 15.0. The third-order valence-corrected chi connectivity index (χ3v) is 14.3. The Morgan fingerprint density at radius 1 is 0.400 bits per heavy atom. The summed E-state index contributed by atoms with van der Waals surface area (Å²) in [4.78, 5) is 15.1. The van der Waals surface area contributed by atoms with Gasteiger partial charge < -0.3 is 0 Å². The molecular weight excluding hydrogens is 729 g/mol. The zero-order chi connectivity index (χ0) is 39.8. The number of hydrogen-bond acceptors (Lipinski definition) is 4. The van der Waals surface area contributed by atoms with Gasteiger partial charge in [-0.1, -0.05) is 146 Å². The van der Waals surface area contributed by atoms with Crippen molar-refractivity contribution in [3.63, 3.8) is 0 Å². The van der Waals surface area contributed by atoms with Crippen LogP contribution >= 0.6 is 0 Å². The maximum atomic E-state index is 10.6. The van der Waals surface area contributed by atoms with E-state index in [4.69, 9.17) is 15.0 Å². The molecule has 8 aromatic rings. The highest BCUT2D eigenvalue weighted by molar-refractivity contribution is 5.95. The molecule has 13 rings (SSSR count). The SMILES string of the molecule is N#Cc1cc(-c2ccc(-c3ccccc3)cc2)c2c(c1)C1(c3cc(-c4cccc(-c5nc(-c6ccccc6)nc(-c6ccccc6)n5)c4)ccc3-2)C2CC3CC(C2)CC1C3. The van der Waals surface area contributed by atoms with Crippen LogP contribution in [0.25, 0.3) is 78.7 Å². The summed E-state index contributed by atoms with van der Waals surface area (Å²) in [5.41, 5.74) is 16.1. The van der Waals surface area contributed by atoms with Crippen molar-refractivity contribution < 1.29 is 0 Å². The molecule has 1 spiro atoms. The lowest BCUT2D eigenvalue weighted by Crippen LogP contribution is -2.55. The smallest absolute Gasteiger partial charge is 0.164 e. The summed E-state index contributed by atoms with van der Waals surface area (Å²) in [7, 11) is 0. The number of nitriles is 1. The molecule has 5 aliphatic rings. The monoisotopic (exact) mass is 770 g/mol. The van der Waals surface area contributed by atoms with Crippen LogP contribution in [0, 0.1) is 35.0 Å². The lowest BCUT2D eigenvalue weighted by Gasteiger charge is -2.61. The quantitative estimate of drug-likeness (QED) is 0.169. The van der Waals surface area contributed by atoms with Gasteiger partial charge in [-0.25, -0.2) is 15.0 Å². The lowest BCUT2D eigenvalue weighted by molar-refractivity contribution is -0.0399. The van der Waals surface area contributed by atoms with Crippen LogP contribution in [0.5, 0.6) is 0 Å². The van der Waals surface area contributed by atoms with Crippen LogP contribution in [0.1, 0.15) is 48.8 Å². The molecule has 4 nitrogen and oxygen atoms in total. The molecule has 0 amide bonds. The molecule has 60 heavy (non-hydrogen) atoms. The summed E-state index contributed by atoms with van der Waals surface area (Å²) < 4.78 is 0. The highest BCUT2D eigenvalue weighted by Gasteiger charge is 2.62. The highest BCUT2D eigenvalue weighted by Crippen LogP contribution is 2.70. The first-order chi connectivity index (χ1) is 29.6. The fourth-order valence-corrected chi connectivity index (χ4v) is 12.0. The van der Waals surface area contributed by atoms with Gasteiger partial charge in [-0.15, -0.1) is 0 Å². The number of rotatable bonds is 6. The van der Waals surface area contributed by atoms with Gasteiger partial charge in [-0.2, -0.15) is 5.26 Å². The minimum Gasteiger partial charge on any atom is -0.208 e. The Bertz CT molecular complexity index is 2900. The lowest BCUT2D eigenvalue weighted by atomic mass is 9.43. The Kier molecular flexibility index (Phi) is 8.07. The first kappa shape index (κ1) is 35.0. The number of benzene rings is 7. The molecule has 0 saturated heterocycles. The molecule has 1 heterocycles. The Hall–Kier alpha value is -6.96. The zero-order valence-corrected chi connectivity index (χ0v) is 33.3. The van der Waals surface area contributed by atoms with E-state index in [9.17, 15) is 5.26 Å². The molecule has 0 N–H and O–H groups in total. The topological polar surface area (TPSA) is 62.5 Å². The van der Waals surface area contributed by atoms with E-state index in [1.807, 2.05) is 36.4 Å². The third kappa shape index (κ3) is 5.53. The zero-order valence-electron chi connectivity index (χ0n) is 33.3. The van der Waals surface area contributed by atoms with Crippen molar-refractivity contribution in [2.75, 3.05) is 0 Å². The Morgan fingerprint density at radius 2 is 0.883 bits per heavy atom. The molecule has 0 radical (unpaired) electrons. The molecule has 4 saturated carbocycles. The normalized spacial score (nSPS) is 21.7. The minimum atomic E-state index is -0.110. The Morgan fingerprint density at radius 3 is 1.48 bits per heavy atom. The van der Waals surface area contributed by atoms with Gasteiger partial charge in [0.15, 0.2) is 17.5 Å². The second-order valence-electron chi connectivity index (χ2n) is 17.6.